The zero-order valence-electron chi connectivity index (χ0n) is 9.23. The minimum Gasteiger partial charge on any atom is -0.497 e. The van der Waals surface area contributed by atoms with Crippen LogP contribution in [0.3, 0.4) is 0 Å². The number of ketones is 1. The number of hydrogen-bond donors (Lipinski definition) is 0. The van der Waals surface area contributed by atoms with Crippen LogP contribution in [0.4, 0.5) is 0 Å². The van der Waals surface area contributed by atoms with Crippen molar-refractivity contribution in [3.63, 3.8) is 0 Å². The van der Waals surface area contributed by atoms with Crippen LogP contribution in [0.2, 0.25) is 0 Å². The fraction of sp³-hybridized carbons (Fsp3) is 0.308. The van der Waals surface area contributed by atoms with E-state index in [9.17, 15) is 4.79 Å². The van der Waals surface area contributed by atoms with Gasteiger partial charge in [0.25, 0.3) is 0 Å². The molecule has 0 bridgehead atoms. The Morgan fingerprint density at radius 2 is 2.06 bits per heavy atom. The second kappa shape index (κ2) is 4.84. The summed E-state index contributed by atoms with van der Waals surface area (Å²) in [5.41, 5.74) is 1.02. The zero-order valence-corrected chi connectivity index (χ0v) is 9.23. The second-order valence-corrected chi connectivity index (χ2v) is 3.70. The normalized spacial score (nSPS) is 18.3. The number of hydrogen-bond acceptors (Lipinski definition) is 3. The third kappa shape index (κ3) is 2.63. The Balaban J connectivity index is 2.12. The summed E-state index contributed by atoms with van der Waals surface area (Å²) in [6.07, 6.45) is 2.84. The van der Waals surface area contributed by atoms with Gasteiger partial charge in [0, 0.05) is 6.42 Å². The molecule has 3 heteroatoms. The van der Waals surface area contributed by atoms with E-state index in [0.29, 0.717) is 19.4 Å². The van der Waals surface area contributed by atoms with Crippen molar-refractivity contribution in [3.8, 4) is 5.75 Å². The van der Waals surface area contributed by atoms with Crippen LogP contribution in [0.25, 0.3) is 6.08 Å². The van der Waals surface area contributed by atoms with Crippen molar-refractivity contribution >= 4 is 11.9 Å². The molecule has 0 saturated carbocycles. The molecule has 1 aromatic carbocycles. The minimum absolute atomic E-state index is 0.242. The van der Waals surface area contributed by atoms with Crippen LogP contribution in [-0.2, 0) is 9.53 Å². The second-order valence-electron chi connectivity index (χ2n) is 3.70. The molecule has 1 aromatic rings. The fourth-order valence-corrected chi connectivity index (χ4v) is 1.61. The molecule has 1 heterocycles. The monoisotopic (exact) mass is 218 g/mol. The van der Waals surface area contributed by atoms with Gasteiger partial charge in [0.05, 0.1) is 20.1 Å². The molecular weight excluding hydrogens is 204 g/mol. The molecule has 2 rings (SSSR count). The van der Waals surface area contributed by atoms with E-state index in [0.717, 1.165) is 17.1 Å². The lowest BCUT2D eigenvalue weighted by Crippen LogP contribution is -2.12. The Bertz CT molecular complexity index is 404. The third-order valence-corrected chi connectivity index (χ3v) is 2.48. The number of ether oxygens (including phenoxy) is 2. The number of Topliss-reactive ketones (excluding diaryl/α,β-unsaturated/α-hetero) is 1. The Hall–Kier alpha value is -1.77. The number of rotatable bonds is 2. The fourth-order valence-electron chi connectivity index (χ4n) is 1.61. The summed E-state index contributed by atoms with van der Waals surface area (Å²) in [4.78, 5) is 11.2. The predicted octanol–water partition coefficient (Wildman–Crippen LogP) is 2.42. The summed E-state index contributed by atoms with van der Waals surface area (Å²) in [7, 11) is 1.64. The molecule has 0 radical (unpaired) electrons. The van der Waals surface area contributed by atoms with Gasteiger partial charge in [-0.1, -0.05) is 12.1 Å². The number of allylic oxidation sites excluding steroid dienone is 1. The smallest absolute Gasteiger partial charge is 0.143 e. The van der Waals surface area contributed by atoms with E-state index in [2.05, 4.69) is 0 Å². The molecule has 0 aliphatic carbocycles. The van der Waals surface area contributed by atoms with E-state index in [1.54, 1.807) is 7.11 Å². The van der Waals surface area contributed by atoms with Crippen LogP contribution < -0.4 is 4.74 Å². The van der Waals surface area contributed by atoms with E-state index in [1.165, 1.54) is 0 Å². The lowest BCUT2D eigenvalue weighted by Gasteiger charge is -2.15. The Kier molecular flexibility index (Phi) is 3.25. The molecule has 1 fully saturated rings. The first-order valence-electron chi connectivity index (χ1n) is 5.27. The van der Waals surface area contributed by atoms with Gasteiger partial charge in [-0.15, -0.1) is 0 Å². The predicted molar refractivity (Wildman–Crippen MR) is 61.2 cm³/mol. The van der Waals surface area contributed by atoms with E-state index in [-0.39, 0.29) is 5.78 Å². The molecule has 0 unspecified atom stereocenters. The molecule has 1 aliphatic rings. The summed E-state index contributed by atoms with van der Waals surface area (Å²) < 4.78 is 10.5. The summed E-state index contributed by atoms with van der Waals surface area (Å²) in [6.45, 7) is 0.501. The average molecular weight is 218 g/mol. The number of carbonyl (C=O) groups is 1. The molecule has 16 heavy (non-hydrogen) atoms. The van der Waals surface area contributed by atoms with Crippen molar-refractivity contribution in [2.45, 2.75) is 12.8 Å². The van der Waals surface area contributed by atoms with Crippen LogP contribution in [0.15, 0.2) is 30.0 Å². The third-order valence-electron chi connectivity index (χ3n) is 2.48. The largest absolute Gasteiger partial charge is 0.497 e. The van der Waals surface area contributed by atoms with Gasteiger partial charge in [-0.25, -0.2) is 0 Å². The van der Waals surface area contributed by atoms with Crippen molar-refractivity contribution in [1.82, 2.24) is 0 Å². The van der Waals surface area contributed by atoms with Crippen molar-refractivity contribution < 1.29 is 14.3 Å². The van der Waals surface area contributed by atoms with Gasteiger partial charge in [-0.3, -0.25) is 4.79 Å². The molecule has 3 nitrogen and oxygen atoms in total. The van der Waals surface area contributed by atoms with Crippen molar-refractivity contribution in [1.29, 1.82) is 0 Å². The van der Waals surface area contributed by atoms with Gasteiger partial charge >= 0.3 is 0 Å². The lowest BCUT2D eigenvalue weighted by atomic mass is 10.1. The number of carbonyl (C=O) groups excluding carboxylic acids is 1. The maximum atomic E-state index is 11.2. The van der Waals surface area contributed by atoms with E-state index < -0.39 is 0 Å². The quantitative estimate of drug-likeness (QED) is 0.764. The molecule has 0 aromatic heterocycles. The van der Waals surface area contributed by atoms with Crippen molar-refractivity contribution in [2.24, 2.45) is 0 Å². The van der Waals surface area contributed by atoms with Crippen LogP contribution in [0.5, 0.6) is 5.75 Å². The maximum absolute atomic E-state index is 11.2. The highest BCUT2D eigenvalue weighted by molar-refractivity contribution is 5.82. The van der Waals surface area contributed by atoms with Crippen LogP contribution in [-0.4, -0.2) is 19.5 Å². The topological polar surface area (TPSA) is 35.5 Å². The SMILES string of the molecule is COc1ccc(C=C2CC(=O)CCO2)cc1. The molecule has 0 N–H and O–H groups in total. The van der Waals surface area contributed by atoms with Crippen LogP contribution >= 0.6 is 0 Å². The summed E-state index contributed by atoms with van der Waals surface area (Å²) >= 11 is 0. The number of benzene rings is 1. The molecule has 0 spiro atoms. The van der Waals surface area contributed by atoms with Crippen LogP contribution in [0, 0.1) is 0 Å². The molecule has 1 saturated heterocycles. The first-order valence-corrected chi connectivity index (χ1v) is 5.27. The Morgan fingerprint density at radius 1 is 1.31 bits per heavy atom. The van der Waals surface area contributed by atoms with E-state index in [4.69, 9.17) is 9.47 Å². The first kappa shape index (κ1) is 10.7. The van der Waals surface area contributed by atoms with Crippen molar-refractivity contribution in [3.05, 3.63) is 35.6 Å². The molecule has 84 valence electrons. The summed E-state index contributed by atoms with van der Waals surface area (Å²) in [5, 5.41) is 0. The maximum Gasteiger partial charge on any atom is 0.143 e. The summed E-state index contributed by atoms with van der Waals surface area (Å²) in [6, 6.07) is 7.65. The highest BCUT2D eigenvalue weighted by atomic mass is 16.5. The average Bonchev–Trinajstić information content (AvgIpc) is 2.30. The molecule has 0 amide bonds. The lowest BCUT2D eigenvalue weighted by molar-refractivity contribution is -0.121. The van der Waals surface area contributed by atoms with Gasteiger partial charge in [-0.05, 0) is 23.8 Å². The minimum atomic E-state index is 0.242. The highest BCUT2D eigenvalue weighted by Gasteiger charge is 2.13. The standard InChI is InChI=1S/C13H14O3/c1-15-12-4-2-10(3-5-12)8-13-9-11(14)6-7-16-13/h2-5,8H,6-7,9H2,1H3. The molecule has 0 atom stereocenters. The molecular formula is C13H14O3. The Morgan fingerprint density at radius 3 is 2.69 bits per heavy atom. The van der Waals surface area contributed by atoms with Crippen molar-refractivity contribution in [2.75, 3.05) is 13.7 Å². The van der Waals surface area contributed by atoms with Gasteiger partial charge < -0.3 is 9.47 Å². The highest BCUT2D eigenvalue weighted by Crippen LogP contribution is 2.19. The van der Waals surface area contributed by atoms with E-state index >= 15 is 0 Å². The van der Waals surface area contributed by atoms with Crippen LogP contribution in [0.1, 0.15) is 18.4 Å². The summed E-state index contributed by atoms with van der Waals surface area (Å²) in [5.74, 6) is 1.82. The van der Waals surface area contributed by atoms with Gasteiger partial charge in [-0.2, -0.15) is 0 Å². The van der Waals surface area contributed by atoms with Gasteiger partial charge in [0.15, 0.2) is 0 Å². The first-order chi connectivity index (χ1) is 7.78. The zero-order chi connectivity index (χ0) is 11.4. The van der Waals surface area contributed by atoms with E-state index in [1.807, 2.05) is 30.3 Å². The number of methoxy groups -OCH3 is 1. The van der Waals surface area contributed by atoms with Gasteiger partial charge in [0.1, 0.15) is 17.3 Å². The molecule has 1 aliphatic heterocycles. The Labute approximate surface area is 94.7 Å². The van der Waals surface area contributed by atoms with Gasteiger partial charge in [0.2, 0.25) is 0 Å².